The lowest BCUT2D eigenvalue weighted by Gasteiger charge is -2.40. The Morgan fingerprint density at radius 3 is 3.00 bits per heavy atom. The van der Waals surface area contributed by atoms with Crippen LogP contribution in [0.25, 0.3) is 0 Å². The summed E-state index contributed by atoms with van der Waals surface area (Å²) in [7, 11) is 0. The standard InChI is InChI=1S/C14H20BrClN2O/c1-2-11-9-19-6-5-18(11)14(8-17)10-3-4-12(15)13(16)7-10/h3-4,7,11,14H,2,5-6,8-9,17H2,1H3. The van der Waals surface area contributed by atoms with E-state index < -0.39 is 0 Å². The van der Waals surface area contributed by atoms with E-state index in [9.17, 15) is 0 Å². The van der Waals surface area contributed by atoms with Crippen molar-refractivity contribution in [1.82, 2.24) is 4.90 Å². The predicted octanol–water partition coefficient (Wildman–Crippen LogP) is 3.21. The number of hydrogen-bond acceptors (Lipinski definition) is 3. The van der Waals surface area contributed by atoms with Gasteiger partial charge in [-0.2, -0.15) is 0 Å². The van der Waals surface area contributed by atoms with Crippen LogP contribution in [0, 0.1) is 0 Å². The molecule has 2 N–H and O–H groups in total. The van der Waals surface area contributed by atoms with E-state index in [-0.39, 0.29) is 6.04 Å². The lowest BCUT2D eigenvalue weighted by Crippen LogP contribution is -2.48. The average molecular weight is 348 g/mol. The number of halogens is 2. The van der Waals surface area contributed by atoms with Gasteiger partial charge >= 0.3 is 0 Å². The zero-order valence-corrected chi connectivity index (χ0v) is 13.5. The fourth-order valence-corrected chi connectivity index (χ4v) is 3.05. The van der Waals surface area contributed by atoms with Gasteiger partial charge < -0.3 is 10.5 Å². The molecule has 1 aliphatic rings. The molecule has 1 heterocycles. The lowest BCUT2D eigenvalue weighted by molar-refractivity contribution is -0.0291. The van der Waals surface area contributed by atoms with Crippen LogP contribution in [0.5, 0.6) is 0 Å². The Morgan fingerprint density at radius 2 is 2.37 bits per heavy atom. The fraction of sp³-hybridized carbons (Fsp3) is 0.571. The van der Waals surface area contributed by atoms with E-state index in [4.69, 9.17) is 22.1 Å². The van der Waals surface area contributed by atoms with Gasteiger partial charge in [-0.05, 0) is 40.0 Å². The maximum Gasteiger partial charge on any atom is 0.0622 e. The van der Waals surface area contributed by atoms with Gasteiger partial charge in [0, 0.05) is 29.6 Å². The van der Waals surface area contributed by atoms with Crippen LogP contribution in [-0.2, 0) is 4.74 Å². The van der Waals surface area contributed by atoms with Gasteiger partial charge in [-0.25, -0.2) is 0 Å². The zero-order chi connectivity index (χ0) is 13.8. The molecule has 19 heavy (non-hydrogen) atoms. The van der Waals surface area contributed by atoms with Crippen LogP contribution in [0.2, 0.25) is 5.02 Å². The molecule has 0 amide bonds. The van der Waals surface area contributed by atoms with Gasteiger partial charge in [0.05, 0.1) is 18.2 Å². The van der Waals surface area contributed by atoms with Gasteiger partial charge in [-0.1, -0.05) is 24.6 Å². The van der Waals surface area contributed by atoms with Crippen molar-refractivity contribution in [3.63, 3.8) is 0 Å². The third-order valence-electron chi connectivity index (χ3n) is 3.70. The molecule has 1 aromatic rings. The quantitative estimate of drug-likeness (QED) is 0.909. The maximum atomic E-state index is 6.19. The van der Waals surface area contributed by atoms with Crippen LogP contribution in [-0.4, -0.2) is 37.2 Å². The molecule has 1 saturated heterocycles. The molecule has 1 fully saturated rings. The van der Waals surface area contributed by atoms with Crippen molar-refractivity contribution in [3.05, 3.63) is 33.3 Å². The average Bonchev–Trinajstić information content (AvgIpc) is 2.44. The molecule has 0 saturated carbocycles. The zero-order valence-electron chi connectivity index (χ0n) is 11.1. The Hall–Kier alpha value is -0.130. The molecule has 0 bridgehead atoms. The van der Waals surface area contributed by atoms with Gasteiger partial charge in [0.1, 0.15) is 0 Å². The van der Waals surface area contributed by atoms with E-state index in [1.54, 1.807) is 0 Å². The maximum absolute atomic E-state index is 6.19. The largest absolute Gasteiger partial charge is 0.378 e. The summed E-state index contributed by atoms with van der Waals surface area (Å²) in [6.07, 6.45) is 1.07. The summed E-state index contributed by atoms with van der Waals surface area (Å²) < 4.78 is 6.48. The summed E-state index contributed by atoms with van der Waals surface area (Å²) in [5.74, 6) is 0. The summed E-state index contributed by atoms with van der Waals surface area (Å²) in [5, 5.41) is 0.734. The Morgan fingerprint density at radius 1 is 1.58 bits per heavy atom. The van der Waals surface area contributed by atoms with Crippen molar-refractivity contribution in [3.8, 4) is 0 Å². The summed E-state index contributed by atoms with van der Waals surface area (Å²) >= 11 is 9.62. The van der Waals surface area contributed by atoms with Crippen LogP contribution in [0.3, 0.4) is 0 Å². The highest BCUT2D eigenvalue weighted by atomic mass is 79.9. The molecular formula is C14H20BrClN2O. The second-order valence-corrected chi connectivity index (χ2v) is 6.06. The fourth-order valence-electron chi connectivity index (χ4n) is 2.61. The summed E-state index contributed by atoms with van der Waals surface area (Å²) in [5.41, 5.74) is 7.18. The van der Waals surface area contributed by atoms with Crippen LogP contribution >= 0.6 is 27.5 Å². The smallest absolute Gasteiger partial charge is 0.0622 e. The van der Waals surface area contributed by atoms with Gasteiger partial charge in [0.15, 0.2) is 0 Å². The van der Waals surface area contributed by atoms with E-state index in [2.05, 4.69) is 33.8 Å². The van der Waals surface area contributed by atoms with Crippen LogP contribution in [0.4, 0.5) is 0 Å². The SMILES string of the molecule is CCC1COCCN1C(CN)c1ccc(Br)c(Cl)c1. The first kappa shape index (κ1) is 15.3. The van der Waals surface area contributed by atoms with Crippen molar-refractivity contribution in [2.75, 3.05) is 26.3 Å². The van der Waals surface area contributed by atoms with E-state index in [1.165, 1.54) is 5.56 Å². The van der Waals surface area contributed by atoms with E-state index in [1.807, 2.05) is 12.1 Å². The number of morpholine rings is 1. The minimum atomic E-state index is 0.208. The number of benzene rings is 1. The molecule has 0 radical (unpaired) electrons. The molecule has 2 unspecified atom stereocenters. The number of nitrogens with zero attached hydrogens (tertiary/aromatic N) is 1. The molecule has 0 aliphatic carbocycles. The highest BCUT2D eigenvalue weighted by Gasteiger charge is 2.28. The van der Waals surface area contributed by atoms with E-state index in [0.29, 0.717) is 12.6 Å². The van der Waals surface area contributed by atoms with Crippen molar-refractivity contribution in [2.24, 2.45) is 5.73 Å². The second-order valence-electron chi connectivity index (χ2n) is 4.80. The molecule has 2 atom stereocenters. The third kappa shape index (κ3) is 3.50. The first-order valence-corrected chi connectivity index (χ1v) is 7.83. The minimum Gasteiger partial charge on any atom is -0.378 e. The molecule has 1 aliphatic heterocycles. The predicted molar refractivity (Wildman–Crippen MR) is 82.6 cm³/mol. The topological polar surface area (TPSA) is 38.5 Å². The molecule has 106 valence electrons. The molecule has 0 spiro atoms. The Balaban J connectivity index is 2.24. The van der Waals surface area contributed by atoms with Crippen molar-refractivity contribution in [1.29, 1.82) is 0 Å². The number of rotatable bonds is 4. The lowest BCUT2D eigenvalue weighted by atomic mass is 10.0. The molecule has 1 aromatic carbocycles. The summed E-state index contributed by atoms with van der Waals surface area (Å²) in [4.78, 5) is 2.45. The molecule has 3 nitrogen and oxygen atoms in total. The van der Waals surface area contributed by atoms with Crippen molar-refractivity contribution < 1.29 is 4.74 Å². The molecule has 0 aromatic heterocycles. The van der Waals surface area contributed by atoms with Gasteiger partial charge in [0.25, 0.3) is 0 Å². The molecular weight excluding hydrogens is 328 g/mol. The highest BCUT2D eigenvalue weighted by Crippen LogP contribution is 2.30. The number of hydrogen-bond donors (Lipinski definition) is 1. The van der Waals surface area contributed by atoms with Gasteiger partial charge in [-0.15, -0.1) is 0 Å². The van der Waals surface area contributed by atoms with Gasteiger partial charge in [-0.3, -0.25) is 4.90 Å². The number of ether oxygens (including phenoxy) is 1. The first-order valence-electron chi connectivity index (χ1n) is 6.65. The van der Waals surface area contributed by atoms with Crippen LogP contribution in [0.1, 0.15) is 24.9 Å². The highest BCUT2D eigenvalue weighted by molar-refractivity contribution is 9.10. The number of nitrogens with two attached hydrogens (primary N) is 1. The second kappa shape index (κ2) is 7.04. The van der Waals surface area contributed by atoms with Crippen molar-refractivity contribution >= 4 is 27.5 Å². The third-order valence-corrected chi connectivity index (χ3v) is 4.93. The van der Waals surface area contributed by atoms with Crippen molar-refractivity contribution in [2.45, 2.75) is 25.4 Å². The molecule has 2 rings (SSSR count). The van der Waals surface area contributed by atoms with E-state index >= 15 is 0 Å². The first-order chi connectivity index (χ1) is 9.17. The normalized spacial score (nSPS) is 22.4. The Labute approximate surface area is 128 Å². The van der Waals surface area contributed by atoms with Gasteiger partial charge in [0.2, 0.25) is 0 Å². The summed E-state index contributed by atoms with van der Waals surface area (Å²) in [6, 6.07) is 6.73. The van der Waals surface area contributed by atoms with Crippen LogP contribution in [0.15, 0.2) is 22.7 Å². The molecule has 5 heteroatoms. The van der Waals surface area contributed by atoms with Crippen LogP contribution < -0.4 is 5.73 Å². The Bertz CT molecular complexity index is 430. The van der Waals surface area contributed by atoms with E-state index in [0.717, 1.165) is 35.7 Å². The summed E-state index contributed by atoms with van der Waals surface area (Å²) in [6.45, 7) is 5.27. The Kier molecular flexibility index (Phi) is 5.66. The minimum absolute atomic E-state index is 0.208. The monoisotopic (exact) mass is 346 g/mol.